The molecular formula is C25H32FN3O. The van der Waals surface area contributed by atoms with E-state index in [-0.39, 0.29) is 17.3 Å². The lowest BCUT2D eigenvalue weighted by molar-refractivity contribution is 0.0138. The molecule has 0 aromatic heterocycles. The van der Waals surface area contributed by atoms with Gasteiger partial charge in [0.05, 0.1) is 0 Å². The Morgan fingerprint density at radius 1 is 0.967 bits per heavy atom. The molecule has 0 unspecified atom stereocenters. The fourth-order valence-corrected chi connectivity index (χ4v) is 4.92. The summed E-state index contributed by atoms with van der Waals surface area (Å²) in [5.41, 5.74) is 2.47. The normalized spacial score (nSPS) is 20.1. The van der Waals surface area contributed by atoms with Gasteiger partial charge in [-0.15, -0.1) is 0 Å². The van der Waals surface area contributed by atoms with Crippen LogP contribution in [-0.4, -0.2) is 61.0 Å². The number of benzene rings is 2. The van der Waals surface area contributed by atoms with Gasteiger partial charge in [0.25, 0.3) is 5.91 Å². The molecule has 1 saturated carbocycles. The van der Waals surface area contributed by atoms with Crippen molar-refractivity contribution in [2.45, 2.75) is 37.6 Å². The van der Waals surface area contributed by atoms with Gasteiger partial charge in [-0.3, -0.25) is 9.69 Å². The zero-order valence-corrected chi connectivity index (χ0v) is 17.9. The van der Waals surface area contributed by atoms with Crippen LogP contribution in [0.25, 0.3) is 11.1 Å². The molecule has 1 heterocycles. The van der Waals surface area contributed by atoms with Gasteiger partial charge in [-0.25, -0.2) is 4.39 Å². The van der Waals surface area contributed by atoms with E-state index < -0.39 is 0 Å². The van der Waals surface area contributed by atoms with Gasteiger partial charge in [0.2, 0.25) is 0 Å². The lowest BCUT2D eigenvalue weighted by Crippen LogP contribution is -2.61. The number of nitrogens with zero attached hydrogens (tertiary/aromatic N) is 2. The minimum absolute atomic E-state index is 0.0279. The van der Waals surface area contributed by atoms with E-state index in [9.17, 15) is 9.18 Å². The van der Waals surface area contributed by atoms with E-state index >= 15 is 0 Å². The largest absolute Gasteiger partial charge is 0.350 e. The zero-order valence-electron chi connectivity index (χ0n) is 17.9. The first-order valence-corrected chi connectivity index (χ1v) is 11.1. The van der Waals surface area contributed by atoms with E-state index in [2.05, 4.69) is 22.2 Å². The monoisotopic (exact) mass is 409 g/mol. The van der Waals surface area contributed by atoms with Crippen molar-refractivity contribution in [1.29, 1.82) is 0 Å². The first-order chi connectivity index (χ1) is 14.6. The van der Waals surface area contributed by atoms with Gasteiger partial charge in [0, 0.05) is 43.8 Å². The maximum absolute atomic E-state index is 13.5. The Hall–Kier alpha value is -2.24. The Labute approximate surface area is 179 Å². The minimum Gasteiger partial charge on any atom is -0.350 e. The molecule has 4 nitrogen and oxygen atoms in total. The van der Waals surface area contributed by atoms with Crippen molar-refractivity contribution in [3.8, 4) is 11.1 Å². The van der Waals surface area contributed by atoms with Gasteiger partial charge >= 0.3 is 0 Å². The van der Waals surface area contributed by atoms with Crippen LogP contribution in [0.15, 0.2) is 48.5 Å². The number of nitrogens with one attached hydrogen (secondary N) is 1. The molecule has 4 rings (SSSR count). The molecule has 160 valence electrons. The third-order valence-corrected chi connectivity index (χ3v) is 6.84. The number of piperazine rings is 1. The number of rotatable bonds is 5. The highest BCUT2D eigenvalue weighted by Crippen LogP contribution is 2.34. The molecule has 0 atom stereocenters. The zero-order chi connectivity index (χ0) is 21.0. The van der Waals surface area contributed by atoms with Crippen molar-refractivity contribution in [2.75, 3.05) is 39.8 Å². The quantitative estimate of drug-likeness (QED) is 0.805. The van der Waals surface area contributed by atoms with E-state index in [1.54, 1.807) is 6.07 Å². The molecule has 1 saturated heterocycles. The molecular weight excluding hydrogens is 377 g/mol. The van der Waals surface area contributed by atoms with Crippen LogP contribution >= 0.6 is 0 Å². The third-order valence-electron chi connectivity index (χ3n) is 6.84. The van der Waals surface area contributed by atoms with Gasteiger partial charge in [-0.2, -0.15) is 0 Å². The Kier molecular flexibility index (Phi) is 6.49. The fraction of sp³-hybridized carbons (Fsp3) is 0.480. The second-order valence-corrected chi connectivity index (χ2v) is 8.85. The molecule has 2 aromatic rings. The highest BCUT2D eigenvalue weighted by molar-refractivity contribution is 5.94. The summed E-state index contributed by atoms with van der Waals surface area (Å²) in [5.74, 6) is -0.282. The Morgan fingerprint density at radius 2 is 1.67 bits per heavy atom. The molecule has 0 spiro atoms. The van der Waals surface area contributed by atoms with E-state index in [1.807, 2.05) is 30.3 Å². The molecule has 1 N–H and O–H groups in total. The summed E-state index contributed by atoms with van der Waals surface area (Å²) in [7, 11) is 2.18. The second kappa shape index (κ2) is 9.27. The third kappa shape index (κ3) is 4.73. The van der Waals surface area contributed by atoms with Crippen molar-refractivity contribution in [3.05, 3.63) is 59.9 Å². The molecule has 0 bridgehead atoms. The molecule has 1 aliphatic carbocycles. The van der Waals surface area contributed by atoms with Crippen LogP contribution in [0.2, 0.25) is 0 Å². The molecule has 0 radical (unpaired) electrons. The summed E-state index contributed by atoms with van der Waals surface area (Å²) >= 11 is 0. The predicted molar refractivity (Wildman–Crippen MR) is 119 cm³/mol. The molecule has 2 fully saturated rings. The molecule has 2 aliphatic rings. The minimum atomic E-state index is -0.254. The van der Waals surface area contributed by atoms with E-state index in [0.717, 1.165) is 50.1 Å². The number of hydrogen-bond acceptors (Lipinski definition) is 3. The Balaban J connectivity index is 1.42. The van der Waals surface area contributed by atoms with Crippen molar-refractivity contribution in [1.82, 2.24) is 15.1 Å². The lowest BCUT2D eigenvalue weighted by atomic mass is 9.79. The Morgan fingerprint density at radius 3 is 2.33 bits per heavy atom. The number of hydrogen-bond donors (Lipinski definition) is 1. The standard InChI is InChI=1S/C25H32FN3O/c1-28-14-16-29(17-15-28)25(12-3-2-4-13-25)19-27-24(30)21-10-8-20(9-11-21)22-6-5-7-23(26)18-22/h5-11,18H,2-4,12-17,19H2,1H3,(H,27,30). The van der Waals surface area contributed by atoms with Crippen LogP contribution in [0.3, 0.4) is 0 Å². The summed E-state index contributed by atoms with van der Waals surface area (Å²) in [5, 5.41) is 3.23. The van der Waals surface area contributed by atoms with Crippen molar-refractivity contribution in [3.63, 3.8) is 0 Å². The smallest absolute Gasteiger partial charge is 0.251 e. The average Bonchev–Trinajstić information content (AvgIpc) is 2.79. The first-order valence-electron chi connectivity index (χ1n) is 11.1. The van der Waals surface area contributed by atoms with Crippen LogP contribution in [0.1, 0.15) is 42.5 Å². The van der Waals surface area contributed by atoms with Crippen LogP contribution in [0.4, 0.5) is 4.39 Å². The number of carbonyl (C=O) groups is 1. The van der Waals surface area contributed by atoms with Gasteiger partial charge in [-0.05, 0) is 55.3 Å². The van der Waals surface area contributed by atoms with Crippen molar-refractivity contribution in [2.24, 2.45) is 0 Å². The summed E-state index contributed by atoms with van der Waals surface area (Å²) in [4.78, 5) is 17.9. The number of carbonyl (C=O) groups excluding carboxylic acids is 1. The maximum Gasteiger partial charge on any atom is 0.251 e. The highest BCUT2D eigenvalue weighted by Gasteiger charge is 2.39. The summed E-state index contributed by atoms with van der Waals surface area (Å²) in [6, 6.07) is 14.0. The van der Waals surface area contributed by atoms with Gasteiger partial charge in [0.15, 0.2) is 0 Å². The fourth-order valence-electron chi connectivity index (χ4n) is 4.92. The number of halogens is 1. The average molecular weight is 410 g/mol. The summed E-state index contributed by atoms with van der Waals surface area (Å²) in [6.07, 6.45) is 6.10. The first kappa shape index (κ1) is 21.0. The van der Waals surface area contributed by atoms with E-state index in [4.69, 9.17) is 0 Å². The molecule has 30 heavy (non-hydrogen) atoms. The van der Waals surface area contributed by atoms with Crippen molar-refractivity contribution >= 4 is 5.91 Å². The SMILES string of the molecule is CN1CCN(C2(CNC(=O)c3ccc(-c4cccc(F)c4)cc3)CCCCC2)CC1. The maximum atomic E-state index is 13.5. The number of amides is 1. The Bertz CT molecular complexity index is 853. The molecule has 1 amide bonds. The van der Waals surface area contributed by atoms with Crippen LogP contribution in [0, 0.1) is 5.82 Å². The van der Waals surface area contributed by atoms with Crippen LogP contribution in [-0.2, 0) is 0 Å². The van der Waals surface area contributed by atoms with Crippen LogP contribution < -0.4 is 5.32 Å². The van der Waals surface area contributed by atoms with Crippen molar-refractivity contribution < 1.29 is 9.18 Å². The summed E-state index contributed by atoms with van der Waals surface area (Å²) in [6.45, 7) is 5.05. The number of likely N-dealkylation sites (N-methyl/N-ethyl adjacent to an activating group) is 1. The molecule has 1 aliphatic heterocycles. The lowest BCUT2D eigenvalue weighted by Gasteiger charge is -2.49. The van der Waals surface area contributed by atoms with Gasteiger partial charge in [-0.1, -0.05) is 43.5 Å². The predicted octanol–water partition coefficient (Wildman–Crippen LogP) is 4.17. The second-order valence-electron chi connectivity index (χ2n) is 8.85. The topological polar surface area (TPSA) is 35.6 Å². The van der Waals surface area contributed by atoms with Gasteiger partial charge in [0.1, 0.15) is 5.82 Å². The summed E-state index contributed by atoms with van der Waals surface area (Å²) < 4.78 is 13.5. The van der Waals surface area contributed by atoms with E-state index in [0.29, 0.717) is 12.1 Å². The molecule has 5 heteroatoms. The van der Waals surface area contributed by atoms with Crippen LogP contribution in [0.5, 0.6) is 0 Å². The van der Waals surface area contributed by atoms with Gasteiger partial charge < -0.3 is 10.2 Å². The molecule has 2 aromatic carbocycles. The van der Waals surface area contributed by atoms with E-state index in [1.165, 1.54) is 31.4 Å². The highest BCUT2D eigenvalue weighted by atomic mass is 19.1.